The SMILES string of the molecule is Nc1ccc2[nH]cc(C(=O)N[C@@H]3CCCC[C@H]3O)c2c1. The molecular formula is C15H19N3O2. The molecule has 0 saturated heterocycles. The van der Waals surface area contributed by atoms with E-state index in [9.17, 15) is 9.90 Å². The highest BCUT2D eigenvalue weighted by Gasteiger charge is 2.25. The first-order valence-corrected chi connectivity index (χ1v) is 7.00. The Morgan fingerprint density at radius 2 is 2.15 bits per heavy atom. The number of H-pyrrole nitrogens is 1. The molecule has 1 heterocycles. The number of nitrogen functional groups attached to an aromatic ring is 1. The van der Waals surface area contributed by atoms with Crippen molar-refractivity contribution in [2.45, 2.75) is 37.8 Å². The summed E-state index contributed by atoms with van der Waals surface area (Å²) in [6.45, 7) is 0. The summed E-state index contributed by atoms with van der Waals surface area (Å²) in [4.78, 5) is 15.4. The summed E-state index contributed by atoms with van der Waals surface area (Å²) in [6.07, 6.45) is 4.90. The van der Waals surface area contributed by atoms with Gasteiger partial charge in [0.05, 0.1) is 17.7 Å². The second-order valence-corrected chi connectivity index (χ2v) is 5.44. The Hall–Kier alpha value is -2.01. The average molecular weight is 273 g/mol. The molecule has 2 aromatic rings. The number of aromatic amines is 1. The number of carbonyl (C=O) groups excluding carboxylic acids is 1. The second kappa shape index (κ2) is 5.17. The Morgan fingerprint density at radius 3 is 2.95 bits per heavy atom. The Morgan fingerprint density at radius 1 is 1.35 bits per heavy atom. The lowest BCUT2D eigenvalue weighted by atomic mass is 9.92. The minimum atomic E-state index is -0.442. The van der Waals surface area contributed by atoms with Crippen LogP contribution >= 0.6 is 0 Å². The van der Waals surface area contributed by atoms with E-state index >= 15 is 0 Å². The summed E-state index contributed by atoms with van der Waals surface area (Å²) < 4.78 is 0. The first-order chi connectivity index (χ1) is 9.65. The van der Waals surface area contributed by atoms with Crippen molar-refractivity contribution in [2.75, 3.05) is 5.73 Å². The summed E-state index contributed by atoms with van der Waals surface area (Å²) in [7, 11) is 0. The van der Waals surface area contributed by atoms with Gasteiger partial charge in [0.25, 0.3) is 5.91 Å². The Bertz CT molecular complexity index is 635. The van der Waals surface area contributed by atoms with Crippen LogP contribution in [0.5, 0.6) is 0 Å². The smallest absolute Gasteiger partial charge is 0.253 e. The number of anilines is 1. The molecule has 2 atom stereocenters. The van der Waals surface area contributed by atoms with Gasteiger partial charge in [-0.15, -0.1) is 0 Å². The topological polar surface area (TPSA) is 91.1 Å². The molecule has 5 nitrogen and oxygen atoms in total. The van der Waals surface area contributed by atoms with Crippen molar-refractivity contribution >= 4 is 22.5 Å². The first-order valence-electron chi connectivity index (χ1n) is 7.00. The number of fused-ring (bicyclic) bond motifs is 1. The number of carbonyl (C=O) groups is 1. The Kier molecular flexibility index (Phi) is 3.36. The minimum Gasteiger partial charge on any atom is -0.399 e. The summed E-state index contributed by atoms with van der Waals surface area (Å²) in [5.41, 5.74) is 7.86. The van der Waals surface area contributed by atoms with Crippen LogP contribution in [-0.4, -0.2) is 28.1 Å². The zero-order valence-electron chi connectivity index (χ0n) is 11.2. The maximum Gasteiger partial charge on any atom is 0.253 e. The third-order valence-corrected chi connectivity index (χ3v) is 4.00. The predicted octanol–water partition coefficient (Wildman–Crippen LogP) is 1.78. The number of nitrogens with one attached hydrogen (secondary N) is 2. The van der Waals surface area contributed by atoms with Crippen LogP contribution in [0.1, 0.15) is 36.0 Å². The molecule has 0 radical (unpaired) electrons. The first kappa shape index (κ1) is 13.0. The van der Waals surface area contributed by atoms with E-state index in [-0.39, 0.29) is 11.9 Å². The van der Waals surface area contributed by atoms with E-state index in [1.807, 2.05) is 6.07 Å². The molecule has 5 N–H and O–H groups in total. The van der Waals surface area contributed by atoms with Gasteiger partial charge < -0.3 is 21.1 Å². The summed E-state index contributed by atoms with van der Waals surface area (Å²) in [5, 5.41) is 13.7. The van der Waals surface area contributed by atoms with E-state index in [0.29, 0.717) is 11.3 Å². The van der Waals surface area contributed by atoms with Gasteiger partial charge in [0.15, 0.2) is 0 Å². The zero-order valence-corrected chi connectivity index (χ0v) is 11.2. The van der Waals surface area contributed by atoms with Crippen molar-refractivity contribution in [3.05, 3.63) is 30.0 Å². The molecule has 1 aromatic heterocycles. The molecule has 1 aliphatic rings. The molecule has 1 fully saturated rings. The maximum atomic E-state index is 12.4. The monoisotopic (exact) mass is 273 g/mol. The van der Waals surface area contributed by atoms with Gasteiger partial charge in [0, 0.05) is 22.8 Å². The van der Waals surface area contributed by atoms with E-state index < -0.39 is 6.10 Å². The molecule has 1 aromatic carbocycles. The second-order valence-electron chi connectivity index (χ2n) is 5.44. The maximum absolute atomic E-state index is 12.4. The van der Waals surface area contributed by atoms with Gasteiger partial charge in [-0.1, -0.05) is 12.8 Å². The fraction of sp³-hybridized carbons (Fsp3) is 0.400. The number of hydrogen-bond donors (Lipinski definition) is 4. The van der Waals surface area contributed by atoms with Crippen molar-refractivity contribution in [3.63, 3.8) is 0 Å². The number of aliphatic hydroxyl groups is 1. The van der Waals surface area contributed by atoms with Crippen LogP contribution in [0.15, 0.2) is 24.4 Å². The fourth-order valence-electron chi connectivity index (χ4n) is 2.85. The van der Waals surface area contributed by atoms with E-state index in [1.165, 1.54) is 0 Å². The van der Waals surface area contributed by atoms with Gasteiger partial charge in [-0.3, -0.25) is 4.79 Å². The standard InChI is InChI=1S/C15H19N3O2/c16-9-5-6-12-10(7-9)11(8-17-12)15(20)18-13-3-1-2-4-14(13)19/h5-8,13-14,17,19H,1-4,16H2,(H,18,20)/t13-,14-/m1/s1. The van der Waals surface area contributed by atoms with E-state index in [1.54, 1.807) is 18.3 Å². The molecule has 0 bridgehead atoms. The molecule has 5 heteroatoms. The van der Waals surface area contributed by atoms with Crippen LogP contribution in [-0.2, 0) is 0 Å². The molecule has 1 amide bonds. The van der Waals surface area contributed by atoms with Crippen molar-refractivity contribution in [3.8, 4) is 0 Å². The van der Waals surface area contributed by atoms with Crippen molar-refractivity contribution in [1.29, 1.82) is 0 Å². The van der Waals surface area contributed by atoms with Crippen LogP contribution < -0.4 is 11.1 Å². The van der Waals surface area contributed by atoms with E-state index in [0.717, 1.165) is 36.6 Å². The predicted molar refractivity (Wildman–Crippen MR) is 78.4 cm³/mol. The Balaban J connectivity index is 1.83. The number of aromatic nitrogens is 1. The highest BCUT2D eigenvalue weighted by atomic mass is 16.3. The lowest BCUT2D eigenvalue weighted by molar-refractivity contribution is 0.0718. The van der Waals surface area contributed by atoms with Gasteiger partial charge in [-0.25, -0.2) is 0 Å². The van der Waals surface area contributed by atoms with Crippen LogP contribution in [0.2, 0.25) is 0 Å². The molecule has 0 spiro atoms. The van der Waals surface area contributed by atoms with Crippen molar-refractivity contribution < 1.29 is 9.90 Å². The highest BCUT2D eigenvalue weighted by molar-refractivity contribution is 6.07. The number of rotatable bonds is 2. The normalized spacial score (nSPS) is 22.9. The molecule has 3 rings (SSSR count). The van der Waals surface area contributed by atoms with Crippen molar-refractivity contribution in [2.24, 2.45) is 0 Å². The minimum absolute atomic E-state index is 0.151. The number of amides is 1. The molecule has 1 aliphatic carbocycles. The quantitative estimate of drug-likeness (QED) is 0.629. The number of hydrogen-bond acceptors (Lipinski definition) is 3. The third-order valence-electron chi connectivity index (χ3n) is 4.00. The molecule has 0 unspecified atom stereocenters. The lowest BCUT2D eigenvalue weighted by Gasteiger charge is -2.28. The number of aliphatic hydroxyl groups excluding tert-OH is 1. The number of benzene rings is 1. The molecule has 106 valence electrons. The summed E-state index contributed by atoms with van der Waals surface area (Å²) >= 11 is 0. The number of nitrogens with two attached hydrogens (primary N) is 1. The molecule has 1 saturated carbocycles. The van der Waals surface area contributed by atoms with Gasteiger partial charge in [0.2, 0.25) is 0 Å². The third kappa shape index (κ3) is 2.36. The van der Waals surface area contributed by atoms with E-state index in [2.05, 4.69) is 10.3 Å². The fourth-order valence-corrected chi connectivity index (χ4v) is 2.85. The van der Waals surface area contributed by atoms with Gasteiger partial charge >= 0.3 is 0 Å². The lowest BCUT2D eigenvalue weighted by Crippen LogP contribution is -2.45. The van der Waals surface area contributed by atoms with Gasteiger partial charge in [-0.05, 0) is 31.0 Å². The average Bonchev–Trinajstić information content (AvgIpc) is 2.84. The van der Waals surface area contributed by atoms with Crippen LogP contribution in [0.4, 0.5) is 5.69 Å². The van der Waals surface area contributed by atoms with E-state index in [4.69, 9.17) is 5.73 Å². The summed E-state index contributed by atoms with van der Waals surface area (Å²) in [5.74, 6) is -0.159. The van der Waals surface area contributed by atoms with Crippen LogP contribution in [0, 0.1) is 0 Å². The van der Waals surface area contributed by atoms with Gasteiger partial charge in [-0.2, -0.15) is 0 Å². The van der Waals surface area contributed by atoms with Crippen LogP contribution in [0.25, 0.3) is 10.9 Å². The highest BCUT2D eigenvalue weighted by Crippen LogP contribution is 2.23. The zero-order chi connectivity index (χ0) is 14.1. The van der Waals surface area contributed by atoms with Crippen molar-refractivity contribution in [1.82, 2.24) is 10.3 Å². The molecular weight excluding hydrogens is 254 g/mol. The molecule has 0 aliphatic heterocycles. The van der Waals surface area contributed by atoms with Gasteiger partial charge in [0.1, 0.15) is 0 Å². The molecule has 20 heavy (non-hydrogen) atoms. The largest absolute Gasteiger partial charge is 0.399 e. The van der Waals surface area contributed by atoms with Crippen LogP contribution in [0.3, 0.4) is 0 Å². The Labute approximate surface area is 117 Å². The summed E-state index contributed by atoms with van der Waals surface area (Å²) in [6, 6.07) is 5.29.